The number of methoxy groups -OCH3 is 1. The number of aryl methyl sites for hydroxylation is 1. The summed E-state index contributed by atoms with van der Waals surface area (Å²) in [5, 5.41) is 12.5. The third-order valence-electron chi connectivity index (χ3n) is 4.27. The summed E-state index contributed by atoms with van der Waals surface area (Å²) in [6.07, 6.45) is 3.30. The summed E-state index contributed by atoms with van der Waals surface area (Å²) in [6.45, 7) is 2.19. The van der Waals surface area contributed by atoms with Gasteiger partial charge in [-0.25, -0.2) is 0 Å². The van der Waals surface area contributed by atoms with Gasteiger partial charge >= 0.3 is 0 Å². The normalized spacial score (nSPS) is 10.9. The summed E-state index contributed by atoms with van der Waals surface area (Å²) in [6, 6.07) is 18.2. The van der Waals surface area contributed by atoms with Crippen molar-refractivity contribution in [1.29, 1.82) is 0 Å². The molecule has 0 unspecified atom stereocenters. The molecule has 0 atom stereocenters. The molecule has 1 N–H and O–H groups in total. The predicted octanol–water partition coefficient (Wildman–Crippen LogP) is 5.56. The zero-order valence-electron chi connectivity index (χ0n) is 13.7. The molecule has 3 rings (SSSR count). The average molecular weight is 306 g/mol. The number of hydrogen-bond acceptors (Lipinski definition) is 2. The zero-order chi connectivity index (χ0) is 16.2. The third-order valence-corrected chi connectivity index (χ3v) is 4.27. The molecule has 0 aliphatic carbocycles. The Hall–Kier alpha value is -2.48. The van der Waals surface area contributed by atoms with Gasteiger partial charge in [0.2, 0.25) is 0 Å². The molecule has 0 fully saturated rings. The van der Waals surface area contributed by atoms with E-state index in [1.165, 1.54) is 5.56 Å². The minimum Gasteiger partial charge on any atom is -0.507 e. The van der Waals surface area contributed by atoms with Crippen LogP contribution in [0.3, 0.4) is 0 Å². The van der Waals surface area contributed by atoms with Crippen LogP contribution in [0.5, 0.6) is 11.5 Å². The summed E-state index contributed by atoms with van der Waals surface area (Å²) in [5.41, 5.74) is 3.39. The van der Waals surface area contributed by atoms with Crippen molar-refractivity contribution in [3.63, 3.8) is 0 Å². The van der Waals surface area contributed by atoms with E-state index in [0.29, 0.717) is 0 Å². The first kappa shape index (κ1) is 15.4. The first-order valence-electron chi connectivity index (χ1n) is 8.12. The van der Waals surface area contributed by atoms with Crippen molar-refractivity contribution < 1.29 is 9.84 Å². The van der Waals surface area contributed by atoms with E-state index in [0.717, 1.165) is 46.9 Å². The minimum atomic E-state index is 0.275. The van der Waals surface area contributed by atoms with Crippen LogP contribution in [0.4, 0.5) is 0 Å². The number of benzene rings is 3. The molecule has 3 aromatic rings. The van der Waals surface area contributed by atoms with Crippen LogP contribution in [-0.4, -0.2) is 12.2 Å². The summed E-state index contributed by atoms with van der Waals surface area (Å²) < 4.78 is 5.45. The highest BCUT2D eigenvalue weighted by Crippen LogP contribution is 2.39. The fourth-order valence-electron chi connectivity index (χ4n) is 3.04. The number of ether oxygens (including phenoxy) is 1. The first-order valence-corrected chi connectivity index (χ1v) is 8.12. The maximum Gasteiger partial charge on any atom is 0.130 e. The molecule has 2 nitrogen and oxygen atoms in total. The standard InChI is InChI=1S/C21H22O2/c1-3-4-8-16-11-12-20(23-2)21-18(16)13-17(14-19(21)22)15-9-6-5-7-10-15/h5-7,9-14,22H,3-4,8H2,1-2H3. The Labute approximate surface area is 137 Å². The van der Waals surface area contributed by atoms with E-state index in [1.54, 1.807) is 7.11 Å². The van der Waals surface area contributed by atoms with Gasteiger partial charge in [-0.05, 0) is 53.1 Å². The van der Waals surface area contributed by atoms with E-state index < -0.39 is 0 Å². The smallest absolute Gasteiger partial charge is 0.130 e. The highest BCUT2D eigenvalue weighted by molar-refractivity contribution is 5.99. The zero-order valence-corrected chi connectivity index (χ0v) is 13.7. The molecular formula is C21H22O2. The second kappa shape index (κ2) is 6.74. The van der Waals surface area contributed by atoms with Crippen molar-refractivity contribution >= 4 is 10.8 Å². The second-order valence-electron chi connectivity index (χ2n) is 5.81. The second-order valence-corrected chi connectivity index (χ2v) is 5.81. The Kier molecular flexibility index (Phi) is 4.52. The van der Waals surface area contributed by atoms with Gasteiger partial charge < -0.3 is 9.84 Å². The van der Waals surface area contributed by atoms with Crippen molar-refractivity contribution in [2.75, 3.05) is 7.11 Å². The van der Waals surface area contributed by atoms with Gasteiger partial charge in [0.1, 0.15) is 11.5 Å². The topological polar surface area (TPSA) is 29.5 Å². The summed E-state index contributed by atoms with van der Waals surface area (Å²) in [5.74, 6) is 0.994. The molecule has 2 heteroatoms. The maximum absolute atomic E-state index is 10.6. The quantitative estimate of drug-likeness (QED) is 0.668. The van der Waals surface area contributed by atoms with E-state index in [4.69, 9.17) is 4.74 Å². The predicted molar refractivity (Wildman–Crippen MR) is 96.2 cm³/mol. The largest absolute Gasteiger partial charge is 0.507 e. The lowest BCUT2D eigenvalue weighted by Crippen LogP contribution is -1.92. The molecule has 0 aliphatic heterocycles. The van der Waals surface area contributed by atoms with Gasteiger partial charge in [0.05, 0.1) is 12.5 Å². The molecule has 0 bridgehead atoms. The Balaban J connectivity index is 2.24. The van der Waals surface area contributed by atoms with Crippen LogP contribution >= 0.6 is 0 Å². The molecule has 0 spiro atoms. The van der Waals surface area contributed by atoms with E-state index in [2.05, 4.69) is 31.2 Å². The molecule has 0 heterocycles. The molecule has 0 amide bonds. The average Bonchev–Trinajstić information content (AvgIpc) is 2.60. The van der Waals surface area contributed by atoms with Gasteiger partial charge in [-0.15, -0.1) is 0 Å². The van der Waals surface area contributed by atoms with Gasteiger partial charge in [0, 0.05) is 0 Å². The van der Waals surface area contributed by atoms with Crippen molar-refractivity contribution in [2.45, 2.75) is 26.2 Å². The van der Waals surface area contributed by atoms with Crippen LogP contribution in [0.2, 0.25) is 0 Å². The summed E-state index contributed by atoms with van der Waals surface area (Å²) in [7, 11) is 1.64. The lowest BCUT2D eigenvalue weighted by molar-refractivity contribution is 0.416. The molecule has 23 heavy (non-hydrogen) atoms. The third kappa shape index (κ3) is 3.02. The van der Waals surface area contributed by atoms with E-state index in [9.17, 15) is 5.11 Å². The van der Waals surface area contributed by atoms with Gasteiger partial charge in [0.25, 0.3) is 0 Å². The van der Waals surface area contributed by atoms with E-state index in [-0.39, 0.29) is 5.75 Å². The molecular weight excluding hydrogens is 284 g/mol. The number of hydrogen-bond donors (Lipinski definition) is 1. The molecule has 0 aromatic heterocycles. The van der Waals surface area contributed by atoms with Crippen LogP contribution in [0.1, 0.15) is 25.3 Å². The summed E-state index contributed by atoms with van der Waals surface area (Å²) >= 11 is 0. The Bertz CT molecular complexity index is 807. The fraction of sp³-hybridized carbons (Fsp3) is 0.238. The monoisotopic (exact) mass is 306 g/mol. The van der Waals surface area contributed by atoms with E-state index >= 15 is 0 Å². The van der Waals surface area contributed by atoms with Crippen LogP contribution in [-0.2, 0) is 6.42 Å². The molecule has 3 aromatic carbocycles. The molecule has 118 valence electrons. The van der Waals surface area contributed by atoms with Crippen LogP contribution < -0.4 is 4.74 Å². The number of rotatable bonds is 5. The molecule has 0 radical (unpaired) electrons. The van der Waals surface area contributed by atoms with Crippen molar-refractivity contribution in [1.82, 2.24) is 0 Å². The van der Waals surface area contributed by atoms with Gasteiger partial charge in [-0.1, -0.05) is 49.7 Å². The lowest BCUT2D eigenvalue weighted by Gasteiger charge is -2.14. The number of phenols is 1. The Morgan fingerprint density at radius 1 is 0.957 bits per heavy atom. The highest BCUT2D eigenvalue weighted by atomic mass is 16.5. The highest BCUT2D eigenvalue weighted by Gasteiger charge is 2.13. The van der Waals surface area contributed by atoms with Gasteiger partial charge in [-0.3, -0.25) is 0 Å². The SMILES string of the molecule is CCCCc1ccc(OC)c2c(O)cc(-c3ccccc3)cc12. The Morgan fingerprint density at radius 3 is 2.43 bits per heavy atom. The number of unbranched alkanes of at least 4 members (excludes halogenated alkanes) is 1. The molecule has 0 aliphatic rings. The molecule has 0 saturated heterocycles. The van der Waals surface area contributed by atoms with Crippen molar-refractivity contribution in [3.05, 3.63) is 60.2 Å². The Morgan fingerprint density at radius 2 is 1.74 bits per heavy atom. The fourth-order valence-corrected chi connectivity index (χ4v) is 3.04. The van der Waals surface area contributed by atoms with Gasteiger partial charge in [-0.2, -0.15) is 0 Å². The maximum atomic E-state index is 10.6. The molecule has 0 saturated carbocycles. The minimum absolute atomic E-state index is 0.275. The van der Waals surface area contributed by atoms with Gasteiger partial charge in [0.15, 0.2) is 0 Å². The van der Waals surface area contributed by atoms with Crippen LogP contribution in [0.15, 0.2) is 54.6 Å². The van der Waals surface area contributed by atoms with E-state index in [1.807, 2.05) is 30.3 Å². The first-order chi connectivity index (χ1) is 11.2. The number of aromatic hydroxyl groups is 1. The summed E-state index contributed by atoms with van der Waals surface area (Å²) in [4.78, 5) is 0. The van der Waals surface area contributed by atoms with Crippen molar-refractivity contribution in [2.24, 2.45) is 0 Å². The van der Waals surface area contributed by atoms with Crippen LogP contribution in [0, 0.1) is 0 Å². The van der Waals surface area contributed by atoms with Crippen LogP contribution in [0.25, 0.3) is 21.9 Å². The number of fused-ring (bicyclic) bond motifs is 1. The lowest BCUT2D eigenvalue weighted by atomic mass is 9.94. The number of phenolic OH excluding ortho intramolecular Hbond substituents is 1. The van der Waals surface area contributed by atoms with Crippen molar-refractivity contribution in [3.8, 4) is 22.6 Å².